The van der Waals surface area contributed by atoms with E-state index in [0.717, 1.165) is 0 Å². The molecule has 100 valence electrons. The zero-order valence-electron chi connectivity index (χ0n) is 10.6. The van der Waals surface area contributed by atoms with E-state index in [2.05, 4.69) is 15.6 Å². The Morgan fingerprint density at radius 2 is 2.11 bits per heavy atom. The standard InChI is InChI=1S/C14H17N3O2/c18-13(6-5-11-3-4-11)16-8-9-17-14(19)12-2-1-7-15-10-12/h1-2,5-7,10-11H,3-4,8-9H2,(H,16,18)(H,17,19)/b6-5+. The Bertz CT molecular complexity index is 467. The number of pyridine rings is 1. The molecule has 2 rings (SSSR count). The van der Waals surface area contributed by atoms with E-state index in [4.69, 9.17) is 0 Å². The number of nitrogens with one attached hydrogen (secondary N) is 2. The summed E-state index contributed by atoms with van der Waals surface area (Å²) in [6.45, 7) is 0.816. The number of hydrogen-bond acceptors (Lipinski definition) is 3. The van der Waals surface area contributed by atoms with Gasteiger partial charge in [0.25, 0.3) is 5.91 Å². The van der Waals surface area contributed by atoms with Gasteiger partial charge in [-0.25, -0.2) is 0 Å². The normalized spacial score (nSPS) is 14.3. The second-order valence-corrected chi connectivity index (χ2v) is 4.49. The number of amides is 2. The smallest absolute Gasteiger partial charge is 0.252 e. The first kappa shape index (κ1) is 13.3. The van der Waals surface area contributed by atoms with E-state index >= 15 is 0 Å². The zero-order chi connectivity index (χ0) is 13.5. The summed E-state index contributed by atoms with van der Waals surface area (Å²) in [5, 5.41) is 5.43. The van der Waals surface area contributed by atoms with E-state index < -0.39 is 0 Å². The molecule has 0 spiro atoms. The van der Waals surface area contributed by atoms with Crippen LogP contribution < -0.4 is 10.6 Å². The van der Waals surface area contributed by atoms with E-state index in [1.165, 1.54) is 19.0 Å². The first-order valence-corrected chi connectivity index (χ1v) is 6.40. The van der Waals surface area contributed by atoms with Gasteiger partial charge in [-0.3, -0.25) is 14.6 Å². The number of hydrogen-bond donors (Lipinski definition) is 2. The molecule has 1 fully saturated rings. The monoisotopic (exact) mass is 259 g/mol. The predicted molar refractivity (Wildman–Crippen MR) is 71.4 cm³/mol. The van der Waals surface area contributed by atoms with Gasteiger partial charge < -0.3 is 10.6 Å². The van der Waals surface area contributed by atoms with Gasteiger partial charge in [0.2, 0.25) is 5.91 Å². The van der Waals surface area contributed by atoms with Gasteiger partial charge in [0.05, 0.1) is 5.56 Å². The summed E-state index contributed by atoms with van der Waals surface area (Å²) < 4.78 is 0. The average molecular weight is 259 g/mol. The first-order valence-electron chi connectivity index (χ1n) is 6.40. The lowest BCUT2D eigenvalue weighted by Gasteiger charge is -2.05. The van der Waals surface area contributed by atoms with Gasteiger partial charge in [-0.2, -0.15) is 0 Å². The Kier molecular flexibility index (Phi) is 4.66. The van der Waals surface area contributed by atoms with Gasteiger partial charge >= 0.3 is 0 Å². The second-order valence-electron chi connectivity index (χ2n) is 4.49. The number of carbonyl (C=O) groups excluding carboxylic acids is 2. The molecule has 1 aliphatic carbocycles. The van der Waals surface area contributed by atoms with Crippen LogP contribution in [0.15, 0.2) is 36.7 Å². The van der Waals surface area contributed by atoms with Crippen molar-refractivity contribution in [2.45, 2.75) is 12.8 Å². The molecule has 0 aliphatic heterocycles. The fourth-order valence-corrected chi connectivity index (χ4v) is 1.53. The molecule has 0 aromatic carbocycles. The molecular weight excluding hydrogens is 242 g/mol. The third-order valence-electron chi connectivity index (χ3n) is 2.78. The van der Waals surface area contributed by atoms with Crippen LogP contribution in [0.5, 0.6) is 0 Å². The van der Waals surface area contributed by atoms with E-state index in [-0.39, 0.29) is 11.8 Å². The number of nitrogens with zero attached hydrogens (tertiary/aromatic N) is 1. The number of carbonyl (C=O) groups is 2. The van der Waals surface area contributed by atoms with E-state index in [9.17, 15) is 9.59 Å². The van der Waals surface area contributed by atoms with Gasteiger partial charge in [-0.15, -0.1) is 0 Å². The van der Waals surface area contributed by atoms with Crippen molar-refractivity contribution in [2.75, 3.05) is 13.1 Å². The molecule has 2 amide bonds. The van der Waals surface area contributed by atoms with Gasteiger partial charge in [0, 0.05) is 25.5 Å². The minimum absolute atomic E-state index is 0.109. The Morgan fingerprint density at radius 1 is 1.32 bits per heavy atom. The molecule has 2 N–H and O–H groups in total. The highest BCUT2D eigenvalue weighted by atomic mass is 16.2. The molecule has 19 heavy (non-hydrogen) atoms. The van der Waals surface area contributed by atoms with Crippen LogP contribution in [0.25, 0.3) is 0 Å². The molecule has 1 aromatic rings. The molecule has 5 nitrogen and oxygen atoms in total. The molecule has 0 bridgehead atoms. The molecule has 0 saturated heterocycles. The maximum atomic E-state index is 11.6. The van der Waals surface area contributed by atoms with Crippen LogP contribution in [0, 0.1) is 5.92 Å². The van der Waals surface area contributed by atoms with Crippen LogP contribution in [0.2, 0.25) is 0 Å². The molecule has 1 aromatic heterocycles. The quantitative estimate of drug-likeness (QED) is 0.589. The minimum atomic E-state index is -0.184. The summed E-state index contributed by atoms with van der Waals surface area (Å²) in [6.07, 6.45) is 9.00. The largest absolute Gasteiger partial charge is 0.351 e. The van der Waals surface area contributed by atoms with Gasteiger partial charge in [0.1, 0.15) is 0 Å². The molecule has 1 heterocycles. The highest BCUT2D eigenvalue weighted by Gasteiger charge is 2.17. The van der Waals surface area contributed by atoms with Crippen molar-refractivity contribution >= 4 is 11.8 Å². The van der Waals surface area contributed by atoms with Gasteiger partial charge in [-0.05, 0) is 37.0 Å². The number of allylic oxidation sites excluding steroid dienone is 1. The molecule has 1 saturated carbocycles. The van der Waals surface area contributed by atoms with Crippen molar-refractivity contribution in [1.82, 2.24) is 15.6 Å². The van der Waals surface area contributed by atoms with E-state index in [1.54, 1.807) is 24.4 Å². The van der Waals surface area contributed by atoms with Crippen molar-refractivity contribution < 1.29 is 9.59 Å². The summed E-state index contributed by atoms with van der Waals surface area (Å²) in [7, 11) is 0. The average Bonchev–Trinajstić information content (AvgIpc) is 3.26. The summed E-state index contributed by atoms with van der Waals surface area (Å²) in [5.74, 6) is 0.300. The van der Waals surface area contributed by atoms with Crippen molar-refractivity contribution in [3.05, 3.63) is 42.2 Å². The maximum absolute atomic E-state index is 11.6. The lowest BCUT2D eigenvalue weighted by molar-refractivity contribution is -0.116. The Labute approximate surface area is 112 Å². The summed E-state index contributed by atoms with van der Waals surface area (Å²) in [5.41, 5.74) is 0.516. The van der Waals surface area contributed by atoms with Crippen LogP contribution in [0.1, 0.15) is 23.2 Å². The predicted octanol–water partition coefficient (Wildman–Crippen LogP) is 0.894. The Morgan fingerprint density at radius 3 is 2.79 bits per heavy atom. The SMILES string of the molecule is O=C(/C=C/C1CC1)NCCNC(=O)c1cccnc1. The van der Waals surface area contributed by atoms with Crippen molar-refractivity contribution in [1.29, 1.82) is 0 Å². The lowest BCUT2D eigenvalue weighted by Crippen LogP contribution is -2.34. The number of aromatic nitrogens is 1. The molecule has 0 radical (unpaired) electrons. The lowest BCUT2D eigenvalue weighted by atomic mass is 10.3. The molecule has 0 unspecified atom stereocenters. The van der Waals surface area contributed by atoms with E-state index in [1.807, 2.05) is 6.08 Å². The van der Waals surface area contributed by atoms with Crippen LogP contribution in [0.4, 0.5) is 0 Å². The van der Waals surface area contributed by atoms with E-state index in [0.29, 0.717) is 24.6 Å². The summed E-state index contributed by atoms with van der Waals surface area (Å²) in [6, 6.07) is 3.40. The molecular formula is C14H17N3O2. The van der Waals surface area contributed by atoms with Crippen molar-refractivity contribution in [2.24, 2.45) is 5.92 Å². The maximum Gasteiger partial charge on any atom is 0.252 e. The van der Waals surface area contributed by atoms with Crippen LogP contribution in [-0.2, 0) is 4.79 Å². The molecule has 1 aliphatic rings. The minimum Gasteiger partial charge on any atom is -0.351 e. The second kappa shape index (κ2) is 6.68. The number of rotatable bonds is 6. The van der Waals surface area contributed by atoms with Crippen molar-refractivity contribution in [3.63, 3.8) is 0 Å². The third kappa shape index (κ3) is 4.91. The highest BCUT2D eigenvalue weighted by Crippen LogP contribution is 2.29. The molecule has 0 atom stereocenters. The summed E-state index contributed by atoms with van der Waals surface area (Å²) in [4.78, 5) is 26.9. The Hall–Kier alpha value is -2.17. The van der Waals surface area contributed by atoms with Gasteiger partial charge in [-0.1, -0.05) is 6.08 Å². The first-order chi connectivity index (χ1) is 9.25. The summed E-state index contributed by atoms with van der Waals surface area (Å²) >= 11 is 0. The highest BCUT2D eigenvalue weighted by molar-refractivity contribution is 5.93. The third-order valence-corrected chi connectivity index (χ3v) is 2.78. The zero-order valence-corrected chi connectivity index (χ0v) is 10.6. The van der Waals surface area contributed by atoms with Crippen LogP contribution >= 0.6 is 0 Å². The van der Waals surface area contributed by atoms with Crippen LogP contribution in [-0.4, -0.2) is 29.9 Å². The van der Waals surface area contributed by atoms with Gasteiger partial charge in [0.15, 0.2) is 0 Å². The topological polar surface area (TPSA) is 71.1 Å². The molecule has 5 heteroatoms. The van der Waals surface area contributed by atoms with Crippen LogP contribution in [0.3, 0.4) is 0 Å². The van der Waals surface area contributed by atoms with Crippen molar-refractivity contribution in [3.8, 4) is 0 Å². The fraction of sp³-hybridized carbons (Fsp3) is 0.357. The Balaban J connectivity index is 1.61. The fourth-order valence-electron chi connectivity index (χ4n) is 1.53.